The Kier molecular flexibility index (Phi) is 5.39. The van der Waals surface area contributed by atoms with Gasteiger partial charge in [0.25, 0.3) is 0 Å². The molecule has 0 aliphatic carbocycles. The van der Waals surface area contributed by atoms with Crippen molar-refractivity contribution in [2.75, 3.05) is 13.2 Å². The van der Waals surface area contributed by atoms with Crippen LogP contribution in [0.25, 0.3) is 11.0 Å². The molecule has 0 aliphatic heterocycles. The number of hydrogen-bond acceptors (Lipinski definition) is 3. The Morgan fingerprint density at radius 1 is 1.43 bits per heavy atom. The van der Waals surface area contributed by atoms with Gasteiger partial charge in [-0.3, -0.25) is 4.79 Å². The average molecular weight is 289 g/mol. The average Bonchev–Trinajstić information content (AvgIpc) is 2.85. The number of fused-ring (bicyclic) bond motifs is 1. The number of aliphatic hydroxyl groups excluding tert-OH is 1. The molecular formula is C17H23NO3. The summed E-state index contributed by atoms with van der Waals surface area (Å²) in [5.74, 6) is 0.304. The third kappa shape index (κ3) is 4.33. The first-order valence-electron chi connectivity index (χ1n) is 7.44. The van der Waals surface area contributed by atoms with E-state index in [1.165, 1.54) is 0 Å². The fraction of sp³-hybridized carbons (Fsp3) is 0.471. The van der Waals surface area contributed by atoms with Crippen molar-refractivity contribution in [3.05, 3.63) is 35.6 Å². The third-order valence-electron chi connectivity index (χ3n) is 3.67. The summed E-state index contributed by atoms with van der Waals surface area (Å²) in [7, 11) is 0. The molecule has 0 spiro atoms. The summed E-state index contributed by atoms with van der Waals surface area (Å²) in [5.41, 5.74) is 2.90. The number of carbonyl (C=O) groups excluding carboxylic acids is 1. The standard InChI is InChI=1S/C17H23NO3/c1-12-5-6-15-14(11-21-16(15)8-12)9-17(20)18-7-3-4-13(2)10-19/h5-6,8,11,13,19H,3-4,7,9-10H2,1-2H3,(H,18,20). The van der Waals surface area contributed by atoms with E-state index in [2.05, 4.69) is 5.32 Å². The predicted molar refractivity (Wildman–Crippen MR) is 83.1 cm³/mol. The molecule has 21 heavy (non-hydrogen) atoms. The first-order chi connectivity index (χ1) is 10.1. The van der Waals surface area contributed by atoms with E-state index in [9.17, 15) is 4.79 Å². The highest BCUT2D eigenvalue weighted by atomic mass is 16.3. The molecule has 0 fully saturated rings. The van der Waals surface area contributed by atoms with E-state index in [0.717, 1.165) is 34.9 Å². The molecule has 1 aromatic carbocycles. The van der Waals surface area contributed by atoms with Gasteiger partial charge in [-0.1, -0.05) is 19.1 Å². The molecule has 1 atom stereocenters. The van der Waals surface area contributed by atoms with E-state index in [4.69, 9.17) is 9.52 Å². The van der Waals surface area contributed by atoms with Crippen molar-refractivity contribution >= 4 is 16.9 Å². The number of aryl methyl sites for hydroxylation is 1. The lowest BCUT2D eigenvalue weighted by molar-refractivity contribution is -0.120. The van der Waals surface area contributed by atoms with E-state index < -0.39 is 0 Å². The van der Waals surface area contributed by atoms with Crippen molar-refractivity contribution in [1.29, 1.82) is 0 Å². The highest BCUT2D eigenvalue weighted by Crippen LogP contribution is 2.22. The Bertz CT molecular complexity index is 603. The second-order valence-electron chi connectivity index (χ2n) is 5.72. The van der Waals surface area contributed by atoms with Crippen LogP contribution >= 0.6 is 0 Å². The molecule has 0 saturated carbocycles. The SMILES string of the molecule is Cc1ccc2c(CC(=O)NCCCC(C)CO)coc2c1. The number of nitrogens with one attached hydrogen (secondary N) is 1. The maximum atomic E-state index is 11.9. The normalized spacial score (nSPS) is 12.5. The highest BCUT2D eigenvalue weighted by Gasteiger charge is 2.10. The van der Waals surface area contributed by atoms with Gasteiger partial charge >= 0.3 is 0 Å². The zero-order chi connectivity index (χ0) is 15.2. The fourth-order valence-corrected chi connectivity index (χ4v) is 2.33. The Morgan fingerprint density at radius 2 is 2.24 bits per heavy atom. The maximum absolute atomic E-state index is 11.9. The fourth-order valence-electron chi connectivity index (χ4n) is 2.33. The quantitative estimate of drug-likeness (QED) is 0.770. The van der Waals surface area contributed by atoms with Crippen LogP contribution in [-0.4, -0.2) is 24.2 Å². The number of hydrogen-bond donors (Lipinski definition) is 2. The van der Waals surface area contributed by atoms with Gasteiger partial charge in [-0.05, 0) is 37.3 Å². The summed E-state index contributed by atoms with van der Waals surface area (Å²) in [4.78, 5) is 11.9. The lowest BCUT2D eigenvalue weighted by Gasteiger charge is -2.08. The monoisotopic (exact) mass is 289 g/mol. The molecule has 2 aromatic rings. The van der Waals surface area contributed by atoms with Crippen molar-refractivity contribution in [2.45, 2.75) is 33.1 Å². The minimum atomic E-state index is 0.00919. The van der Waals surface area contributed by atoms with Gasteiger partial charge in [-0.2, -0.15) is 0 Å². The number of rotatable bonds is 7. The minimum Gasteiger partial charge on any atom is -0.464 e. The van der Waals surface area contributed by atoms with Crippen molar-refractivity contribution in [2.24, 2.45) is 5.92 Å². The van der Waals surface area contributed by atoms with Crippen LogP contribution in [0.5, 0.6) is 0 Å². The largest absolute Gasteiger partial charge is 0.464 e. The van der Waals surface area contributed by atoms with Gasteiger partial charge in [0.1, 0.15) is 5.58 Å². The van der Waals surface area contributed by atoms with E-state index >= 15 is 0 Å². The highest BCUT2D eigenvalue weighted by molar-refractivity contribution is 5.87. The van der Waals surface area contributed by atoms with Crippen LogP contribution in [0.3, 0.4) is 0 Å². The second kappa shape index (κ2) is 7.27. The topological polar surface area (TPSA) is 62.5 Å². The van der Waals surface area contributed by atoms with Gasteiger partial charge in [0, 0.05) is 24.1 Å². The Labute approximate surface area is 125 Å². The van der Waals surface area contributed by atoms with Gasteiger partial charge in [0.05, 0.1) is 12.7 Å². The van der Waals surface area contributed by atoms with Crippen LogP contribution in [0, 0.1) is 12.8 Å². The number of carbonyl (C=O) groups is 1. The molecule has 1 heterocycles. The number of aliphatic hydroxyl groups is 1. The Morgan fingerprint density at radius 3 is 3.00 bits per heavy atom. The van der Waals surface area contributed by atoms with Crippen molar-refractivity contribution in [3.63, 3.8) is 0 Å². The summed E-state index contributed by atoms with van der Waals surface area (Å²) < 4.78 is 5.49. The van der Waals surface area contributed by atoms with Crippen molar-refractivity contribution in [3.8, 4) is 0 Å². The molecule has 1 aromatic heterocycles. The number of furan rings is 1. The van der Waals surface area contributed by atoms with E-state index in [0.29, 0.717) is 18.9 Å². The van der Waals surface area contributed by atoms with Crippen molar-refractivity contribution < 1.29 is 14.3 Å². The Balaban J connectivity index is 1.84. The maximum Gasteiger partial charge on any atom is 0.224 e. The van der Waals surface area contributed by atoms with Crippen LogP contribution in [-0.2, 0) is 11.2 Å². The number of amides is 1. The van der Waals surface area contributed by atoms with Gasteiger partial charge in [0.2, 0.25) is 5.91 Å². The van der Waals surface area contributed by atoms with E-state index in [1.807, 2.05) is 32.0 Å². The second-order valence-corrected chi connectivity index (χ2v) is 5.72. The third-order valence-corrected chi connectivity index (χ3v) is 3.67. The van der Waals surface area contributed by atoms with E-state index in [-0.39, 0.29) is 12.5 Å². The lowest BCUT2D eigenvalue weighted by Crippen LogP contribution is -2.26. The summed E-state index contributed by atoms with van der Waals surface area (Å²) in [6.07, 6.45) is 3.81. The van der Waals surface area contributed by atoms with Crippen LogP contribution in [0.1, 0.15) is 30.9 Å². The van der Waals surface area contributed by atoms with Crippen molar-refractivity contribution in [1.82, 2.24) is 5.32 Å². The van der Waals surface area contributed by atoms with Crippen LogP contribution < -0.4 is 5.32 Å². The molecule has 2 rings (SSSR count). The molecule has 4 nitrogen and oxygen atoms in total. The number of benzene rings is 1. The summed E-state index contributed by atoms with van der Waals surface area (Å²) in [6, 6.07) is 6.00. The zero-order valence-electron chi connectivity index (χ0n) is 12.7. The summed E-state index contributed by atoms with van der Waals surface area (Å²) in [5, 5.41) is 12.9. The molecule has 114 valence electrons. The first-order valence-corrected chi connectivity index (χ1v) is 7.44. The zero-order valence-corrected chi connectivity index (χ0v) is 12.7. The smallest absolute Gasteiger partial charge is 0.224 e. The van der Waals surface area contributed by atoms with Crippen LogP contribution in [0.4, 0.5) is 0 Å². The Hall–Kier alpha value is -1.81. The van der Waals surface area contributed by atoms with Crippen LogP contribution in [0.15, 0.2) is 28.9 Å². The van der Waals surface area contributed by atoms with Crippen LogP contribution in [0.2, 0.25) is 0 Å². The predicted octanol–water partition coefficient (Wildman–Crippen LogP) is 2.81. The lowest BCUT2D eigenvalue weighted by atomic mass is 10.1. The van der Waals surface area contributed by atoms with Gasteiger partial charge in [0.15, 0.2) is 0 Å². The van der Waals surface area contributed by atoms with Gasteiger partial charge in [-0.15, -0.1) is 0 Å². The van der Waals surface area contributed by atoms with Gasteiger partial charge < -0.3 is 14.8 Å². The van der Waals surface area contributed by atoms with Gasteiger partial charge in [-0.25, -0.2) is 0 Å². The minimum absolute atomic E-state index is 0.00919. The molecule has 0 aliphatic rings. The molecule has 1 unspecified atom stereocenters. The molecular weight excluding hydrogens is 266 g/mol. The summed E-state index contributed by atoms with van der Waals surface area (Å²) in [6.45, 7) is 4.87. The molecule has 2 N–H and O–H groups in total. The summed E-state index contributed by atoms with van der Waals surface area (Å²) >= 11 is 0. The molecule has 0 saturated heterocycles. The molecule has 0 bridgehead atoms. The first kappa shape index (κ1) is 15.6. The molecule has 4 heteroatoms. The van der Waals surface area contributed by atoms with E-state index in [1.54, 1.807) is 6.26 Å². The molecule has 0 radical (unpaired) electrons. The molecule has 1 amide bonds.